The highest BCUT2D eigenvalue weighted by molar-refractivity contribution is 5.91. The molecule has 4 rings (SSSR count). The van der Waals surface area contributed by atoms with E-state index in [0.29, 0.717) is 10.9 Å². The molecule has 0 spiro atoms. The third kappa shape index (κ3) is 2.48. The van der Waals surface area contributed by atoms with E-state index in [9.17, 15) is 9.59 Å². The Labute approximate surface area is 138 Å². The van der Waals surface area contributed by atoms with Crippen LogP contribution in [0.15, 0.2) is 59.7 Å². The summed E-state index contributed by atoms with van der Waals surface area (Å²) in [6.45, 7) is 0. The second-order valence-corrected chi connectivity index (χ2v) is 6.06. The van der Waals surface area contributed by atoms with E-state index in [1.807, 2.05) is 24.3 Å². The first-order valence-electron chi connectivity index (χ1n) is 8.09. The maximum atomic E-state index is 12.7. The molecule has 0 saturated heterocycles. The van der Waals surface area contributed by atoms with Gasteiger partial charge in [0, 0.05) is 0 Å². The Kier molecular flexibility index (Phi) is 3.61. The monoisotopic (exact) mass is 319 g/mol. The fourth-order valence-corrected chi connectivity index (χ4v) is 3.37. The zero-order chi connectivity index (χ0) is 16.5. The highest BCUT2D eigenvalue weighted by Crippen LogP contribution is 2.31. The molecule has 120 valence electrons. The van der Waals surface area contributed by atoms with E-state index in [2.05, 4.69) is 16.5 Å². The van der Waals surface area contributed by atoms with Crippen molar-refractivity contribution in [2.75, 3.05) is 5.43 Å². The first-order valence-corrected chi connectivity index (χ1v) is 8.09. The van der Waals surface area contributed by atoms with Gasteiger partial charge in [0.15, 0.2) is 0 Å². The van der Waals surface area contributed by atoms with Crippen molar-refractivity contribution in [1.29, 1.82) is 0 Å². The lowest BCUT2D eigenvalue weighted by Crippen LogP contribution is -2.36. The van der Waals surface area contributed by atoms with Crippen molar-refractivity contribution in [2.45, 2.75) is 25.2 Å². The highest BCUT2D eigenvalue weighted by Gasteiger charge is 2.26. The second-order valence-electron chi connectivity index (χ2n) is 6.06. The standard InChI is InChI=1S/C19H17N3O2/c23-18(15-10-5-7-13-6-1-2-8-14(13)15)21-22-12-20-17-11-4-3-9-16(17)19(22)24/h1-4,6,8-9,11-12,15H,5,7,10H2,(H,21,23). The lowest BCUT2D eigenvalue weighted by atomic mass is 9.82. The van der Waals surface area contributed by atoms with E-state index in [0.717, 1.165) is 24.8 Å². The van der Waals surface area contributed by atoms with Gasteiger partial charge in [0.25, 0.3) is 5.56 Å². The van der Waals surface area contributed by atoms with Crippen LogP contribution >= 0.6 is 0 Å². The van der Waals surface area contributed by atoms with Crippen molar-refractivity contribution in [2.24, 2.45) is 0 Å². The summed E-state index contributed by atoms with van der Waals surface area (Å²) in [4.78, 5) is 29.5. The first-order chi connectivity index (χ1) is 11.7. The van der Waals surface area contributed by atoms with Gasteiger partial charge in [0.2, 0.25) is 5.91 Å². The molecule has 0 aliphatic heterocycles. The molecule has 2 aromatic carbocycles. The lowest BCUT2D eigenvalue weighted by Gasteiger charge is -2.24. The van der Waals surface area contributed by atoms with E-state index in [1.54, 1.807) is 18.2 Å². The van der Waals surface area contributed by atoms with Gasteiger partial charge >= 0.3 is 0 Å². The third-order valence-electron chi connectivity index (χ3n) is 4.58. The van der Waals surface area contributed by atoms with Crippen LogP contribution in [0, 0.1) is 0 Å². The number of carbonyl (C=O) groups is 1. The van der Waals surface area contributed by atoms with E-state index >= 15 is 0 Å². The lowest BCUT2D eigenvalue weighted by molar-refractivity contribution is -0.118. The van der Waals surface area contributed by atoms with Crippen molar-refractivity contribution in [1.82, 2.24) is 9.66 Å². The number of hydrogen-bond donors (Lipinski definition) is 1. The average Bonchev–Trinajstić information content (AvgIpc) is 2.63. The molecular weight excluding hydrogens is 302 g/mol. The summed E-state index contributed by atoms with van der Waals surface area (Å²) in [6, 6.07) is 15.1. The fourth-order valence-electron chi connectivity index (χ4n) is 3.37. The van der Waals surface area contributed by atoms with Crippen molar-refractivity contribution >= 4 is 16.8 Å². The molecule has 5 heteroatoms. The predicted octanol–water partition coefficient (Wildman–Crippen LogP) is 2.59. The second kappa shape index (κ2) is 5.92. The van der Waals surface area contributed by atoms with Gasteiger partial charge in [0.05, 0.1) is 16.8 Å². The SMILES string of the molecule is O=C(Nn1cnc2ccccc2c1=O)C1CCCc2ccccc21. The summed E-state index contributed by atoms with van der Waals surface area (Å²) in [6.07, 6.45) is 4.13. The number of benzene rings is 2. The number of amides is 1. The van der Waals surface area contributed by atoms with Crippen LogP contribution in [0.4, 0.5) is 0 Å². The maximum Gasteiger partial charge on any atom is 0.280 e. The molecular formula is C19H17N3O2. The maximum absolute atomic E-state index is 12.7. The minimum atomic E-state index is -0.266. The van der Waals surface area contributed by atoms with Gasteiger partial charge in [-0.25, -0.2) is 9.66 Å². The number of fused-ring (bicyclic) bond motifs is 2. The van der Waals surface area contributed by atoms with Crippen LogP contribution in [0.2, 0.25) is 0 Å². The minimum absolute atomic E-state index is 0.165. The zero-order valence-electron chi connectivity index (χ0n) is 13.1. The Bertz CT molecular complexity index is 978. The van der Waals surface area contributed by atoms with Crippen LogP contribution in [0.25, 0.3) is 10.9 Å². The quantitative estimate of drug-likeness (QED) is 0.789. The number of nitrogens with one attached hydrogen (secondary N) is 1. The summed E-state index contributed by atoms with van der Waals surface area (Å²) < 4.78 is 1.18. The molecule has 1 N–H and O–H groups in total. The molecule has 1 atom stereocenters. The highest BCUT2D eigenvalue weighted by atomic mass is 16.2. The van der Waals surface area contributed by atoms with Gasteiger partial charge in [0.1, 0.15) is 6.33 Å². The van der Waals surface area contributed by atoms with Crippen LogP contribution in [-0.4, -0.2) is 15.6 Å². The summed E-state index contributed by atoms with van der Waals surface area (Å²) >= 11 is 0. The average molecular weight is 319 g/mol. The summed E-state index contributed by atoms with van der Waals surface area (Å²) in [5, 5.41) is 0.490. The smallest absolute Gasteiger partial charge is 0.273 e. The summed E-state index contributed by atoms with van der Waals surface area (Å²) in [5.41, 5.74) is 5.35. The third-order valence-corrected chi connectivity index (χ3v) is 4.58. The molecule has 0 fully saturated rings. The van der Waals surface area contributed by atoms with Gasteiger partial charge in [-0.3, -0.25) is 15.0 Å². The Morgan fingerprint density at radius 2 is 1.92 bits per heavy atom. The molecule has 24 heavy (non-hydrogen) atoms. The van der Waals surface area contributed by atoms with Crippen LogP contribution in [-0.2, 0) is 11.2 Å². The number of hydrogen-bond acceptors (Lipinski definition) is 3. The molecule has 0 saturated carbocycles. The van der Waals surface area contributed by atoms with Crippen LogP contribution in [0.3, 0.4) is 0 Å². The number of para-hydroxylation sites is 1. The summed E-state index contributed by atoms with van der Waals surface area (Å²) in [5.74, 6) is -0.394. The zero-order valence-corrected chi connectivity index (χ0v) is 13.1. The van der Waals surface area contributed by atoms with Crippen molar-refractivity contribution < 1.29 is 4.79 Å². The molecule has 1 aromatic heterocycles. The van der Waals surface area contributed by atoms with Crippen LogP contribution < -0.4 is 11.0 Å². The molecule has 1 heterocycles. The van der Waals surface area contributed by atoms with E-state index in [1.165, 1.54) is 16.6 Å². The number of carbonyl (C=O) groups excluding carboxylic acids is 1. The van der Waals surface area contributed by atoms with E-state index < -0.39 is 0 Å². The number of aromatic nitrogens is 2. The molecule has 5 nitrogen and oxygen atoms in total. The van der Waals surface area contributed by atoms with E-state index in [4.69, 9.17) is 0 Å². The topological polar surface area (TPSA) is 64.0 Å². The largest absolute Gasteiger partial charge is 0.280 e. The fraction of sp³-hybridized carbons (Fsp3) is 0.211. The molecule has 3 aromatic rings. The van der Waals surface area contributed by atoms with Crippen LogP contribution in [0.5, 0.6) is 0 Å². The molecule has 1 unspecified atom stereocenters. The number of nitrogens with zero attached hydrogens (tertiary/aromatic N) is 2. The van der Waals surface area contributed by atoms with Crippen molar-refractivity contribution in [3.8, 4) is 0 Å². The predicted molar refractivity (Wildman–Crippen MR) is 92.5 cm³/mol. The Balaban J connectivity index is 1.66. The van der Waals surface area contributed by atoms with Gasteiger partial charge in [-0.1, -0.05) is 36.4 Å². The summed E-state index contributed by atoms with van der Waals surface area (Å²) in [7, 11) is 0. The normalized spacial score (nSPS) is 16.6. The Morgan fingerprint density at radius 1 is 1.12 bits per heavy atom. The minimum Gasteiger partial charge on any atom is -0.273 e. The number of aryl methyl sites for hydroxylation is 1. The molecule has 1 amide bonds. The van der Waals surface area contributed by atoms with Crippen LogP contribution in [0.1, 0.15) is 29.9 Å². The molecule has 0 radical (unpaired) electrons. The van der Waals surface area contributed by atoms with Gasteiger partial charge in [-0.05, 0) is 42.5 Å². The van der Waals surface area contributed by atoms with Gasteiger partial charge < -0.3 is 0 Å². The van der Waals surface area contributed by atoms with Crippen molar-refractivity contribution in [3.05, 3.63) is 76.3 Å². The first kappa shape index (κ1) is 14.6. The molecule has 0 bridgehead atoms. The van der Waals surface area contributed by atoms with Gasteiger partial charge in [-0.15, -0.1) is 0 Å². The Morgan fingerprint density at radius 3 is 2.83 bits per heavy atom. The Hall–Kier alpha value is -2.95. The van der Waals surface area contributed by atoms with E-state index in [-0.39, 0.29) is 17.4 Å². The van der Waals surface area contributed by atoms with Gasteiger partial charge in [-0.2, -0.15) is 0 Å². The van der Waals surface area contributed by atoms with Crippen molar-refractivity contribution in [3.63, 3.8) is 0 Å². The molecule has 1 aliphatic carbocycles. The molecule has 1 aliphatic rings. The number of rotatable bonds is 2.